The average Bonchev–Trinajstić information content (AvgIpc) is 2.41. The molecule has 2 nitrogen and oxygen atoms in total. The predicted molar refractivity (Wildman–Crippen MR) is 82.0 cm³/mol. The van der Waals surface area contributed by atoms with Crippen molar-refractivity contribution in [3.05, 3.63) is 63.9 Å². The maximum Gasteiger partial charge on any atom is 0.123 e. The van der Waals surface area contributed by atoms with E-state index in [1.165, 1.54) is 6.07 Å². The molecule has 4 heteroatoms. The van der Waals surface area contributed by atoms with Gasteiger partial charge in [-0.2, -0.15) is 5.26 Å². The maximum atomic E-state index is 13.1. The Hall–Kier alpha value is -1.86. The molecule has 0 spiro atoms. The summed E-state index contributed by atoms with van der Waals surface area (Å²) >= 11 is 3.44. The summed E-state index contributed by atoms with van der Waals surface area (Å²) < 4.78 is 14.0. The summed E-state index contributed by atoms with van der Waals surface area (Å²) in [5, 5.41) is 12.2. The fourth-order valence-electron chi connectivity index (χ4n) is 2.04. The Labute approximate surface area is 126 Å². The highest BCUT2D eigenvalue weighted by Crippen LogP contribution is 2.24. The minimum absolute atomic E-state index is 0.154. The van der Waals surface area contributed by atoms with E-state index in [0.717, 1.165) is 22.1 Å². The minimum Gasteiger partial charge on any atom is -0.381 e. The number of halogens is 2. The van der Waals surface area contributed by atoms with Crippen LogP contribution in [0.25, 0.3) is 0 Å². The molecule has 0 bridgehead atoms. The second-order valence-corrected chi connectivity index (χ2v) is 5.54. The predicted octanol–water partition coefficient (Wildman–Crippen LogP) is 4.50. The Balaban J connectivity index is 2.05. The van der Waals surface area contributed by atoms with E-state index in [-0.39, 0.29) is 11.9 Å². The largest absolute Gasteiger partial charge is 0.381 e. The summed E-state index contributed by atoms with van der Waals surface area (Å²) in [6, 6.07) is 14.3. The molecule has 0 radical (unpaired) electrons. The highest BCUT2D eigenvalue weighted by molar-refractivity contribution is 9.10. The maximum absolute atomic E-state index is 13.1. The molecule has 2 aromatic carbocycles. The molecule has 20 heavy (non-hydrogen) atoms. The molecular formula is C16H14BrFN2. The van der Waals surface area contributed by atoms with Crippen LogP contribution in [0.3, 0.4) is 0 Å². The number of nitriles is 1. The molecule has 102 valence electrons. The third kappa shape index (κ3) is 3.82. The molecule has 2 rings (SSSR count). The Morgan fingerprint density at radius 3 is 2.75 bits per heavy atom. The molecule has 1 atom stereocenters. The summed E-state index contributed by atoms with van der Waals surface area (Å²) in [4.78, 5) is 0. The van der Waals surface area contributed by atoms with Gasteiger partial charge in [0.2, 0.25) is 0 Å². The zero-order valence-corrected chi connectivity index (χ0v) is 12.6. The smallest absolute Gasteiger partial charge is 0.123 e. The molecule has 0 fully saturated rings. The van der Waals surface area contributed by atoms with Crippen molar-refractivity contribution in [1.82, 2.24) is 0 Å². The van der Waals surface area contributed by atoms with Gasteiger partial charge in [-0.25, -0.2) is 4.39 Å². The lowest BCUT2D eigenvalue weighted by Crippen LogP contribution is -2.18. The second-order valence-electron chi connectivity index (χ2n) is 4.69. The third-order valence-corrected chi connectivity index (χ3v) is 3.59. The van der Waals surface area contributed by atoms with E-state index in [0.29, 0.717) is 5.56 Å². The number of anilines is 1. The van der Waals surface area contributed by atoms with E-state index in [2.05, 4.69) is 27.3 Å². The number of nitrogens with one attached hydrogen (secondary N) is 1. The SMILES string of the molecule is CC(Cc1cccc(F)c1)Nc1ccc(C#N)cc1Br. The van der Waals surface area contributed by atoms with Crippen molar-refractivity contribution in [2.45, 2.75) is 19.4 Å². The molecule has 0 aliphatic rings. The van der Waals surface area contributed by atoms with Crippen LogP contribution in [0.1, 0.15) is 18.1 Å². The lowest BCUT2D eigenvalue weighted by atomic mass is 10.1. The number of benzene rings is 2. The number of rotatable bonds is 4. The average molecular weight is 333 g/mol. The van der Waals surface area contributed by atoms with E-state index in [1.807, 2.05) is 19.1 Å². The molecule has 0 saturated heterocycles. The van der Waals surface area contributed by atoms with Crippen molar-refractivity contribution >= 4 is 21.6 Å². The lowest BCUT2D eigenvalue weighted by Gasteiger charge is -2.16. The van der Waals surface area contributed by atoms with Gasteiger partial charge in [0.15, 0.2) is 0 Å². The summed E-state index contributed by atoms with van der Waals surface area (Å²) in [5.74, 6) is -0.214. The van der Waals surface area contributed by atoms with Gasteiger partial charge in [-0.1, -0.05) is 12.1 Å². The zero-order valence-electron chi connectivity index (χ0n) is 11.0. The van der Waals surface area contributed by atoms with Gasteiger partial charge in [-0.05, 0) is 65.2 Å². The van der Waals surface area contributed by atoms with Gasteiger partial charge in [0.05, 0.1) is 11.6 Å². The summed E-state index contributed by atoms with van der Waals surface area (Å²) in [6.45, 7) is 2.04. The van der Waals surface area contributed by atoms with Crippen LogP contribution in [0.4, 0.5) is 10.1 Å². The summed E-state index contributed by atoms with van der Waals surface area (Å²) in [6.07, 6.45) is 0.726. The van der Waals surface area contributed by atoms with Crippen molar-refractivity contribution in [1.29, 1.82) is 5.26 Å². The lowest BCUT2D eigenvalue weighted by molar-refractivity contribution is 0.624. The number of hydrogen-bond acceptors (Lipinski definition) is 2. The van der Waals surface area contributed by atoms with E-state index in [1.54, 1.807) is 24.3 Å². The Morgan fingerprint density at radius 1 is 1.30 bits per heavy atom. The summed E-state index contributed by atoms with van der Waals surface area (Å²) in [7, 11) is 0. The first-order valence-electron chi connectivity index (χ1n) is 6.29. The monoisotopic (exact) mass is 332 g/mol. The molecule has 2 aromatic rings. The van der Waals surface area contributed by atoms with Crippen LogP contribution in [-0.4, -0.2) is 6.04 Å². The first-order valence-corrected chi connectivity index (χ1v) is 7.08. The first-order chi connectivity index (χ1) is 9.58. The van der Waals surface area contributed by atoms with Crippen molar-refractivity contribution in [3.8, 4) is 6.07 Å². The topological polar surface area (TPSA) is 35.8 Å². The number of nitrogens with zero attached hydrogens (tertiary/aromatic N) is 1. The van der Waals surface area contributed by atoms with Crippen LogP contribution >= 0.6 is 15.9 Å². The quantitative estimate of drug-likeness (QED) is 0.894. The standard InChI is InChI=1S/C16H14BrFN2/c1-11(7-12-3-2-4-14(18)8-12)20-16-6-5-13(10-19)9-15(16)17/h2-6,8-9,11,20H,7H2,1H3. The van der Waals surface area contributed by atoms with Crippen molar-refractivity contribution in [2.24, 2.45) is 0 Å². The number of hydrogen-bond donors (Lipinski definition) is 1. The fourth-order valence-corrected chi connectivity index (χ4v) is 2.53. The van der Waals surface area contributed by atoms with Crippen LogP contribution in [0.2, 0.25) is 0 Å². The van der Waals surface area contributed by atoms with Gasteiger partial charge in [-0.15, -0.1) is 0 Å². The second kappa shape index (κ2) is 6.53. The van der Waals surface area contributed by atoms with E-state index < -0.39 is 0 Å². The molecule has 0 saturated carbocycles. The molecule has 1 unspecified atom stereocenters. The van der Waals surface area contributed by atoms with Crippen LogP contribution in [0.5, 0.6) is 0 Å². The van der Waals surface area contributed by atoms with Crippen LogP contribution in [0.15, 0.2) is 46.9 Å². The zero-order chi connectivity index (χ0) is 14.5. The van der Waals surface area contributed by atoms with Crippen molar-refractivity contribution in [3.63, 3.8) is 0 Å². The normalized spacial score (nSPS) is 11.7. The third-order valence-electron chi connectivity index (χ3n) is 2.93. The molecular weight excluding hydrogens is 319 g/mol. The van der Waals surface area contributed by atoms with Gasteiger partial charge in [0.25, 0.3) is 0 Å². The van der Waals surface area contributed by atoms with E-state index >= 15 is 0 Å². The molecule has 0 aromatic heterocycles. The van der Waals surface area contributed by atoms with Gasteiger partial charge < -0.3 is 5.32 Å². The highest BCUT2D eigenvalue weighted by atomic mass is 79.9. The summed E-state index contributed by atoms with van der Waals surface area (Å²) in [5.41, 5.74) is 2.49. The molecule has 0 heterocycles. The van der Waals surface area contributed by atoms with E-state index in [9.17, 15) is 4.39 Å². The van der Waals surface area contributed by atoms with Crippen LogP contribution < -0.4 is 5.32 Å². The highest BCUT2D eigenvalue weighted by Gasteiger charge is 2.07. The molecule has 0 aliphatic heterocycles. The van der Waals surface area contributed by atoms with Gasteiger partial charge in [-0.3, -0.25) is 0 Å². The van der Waals surface area contributed by atoms with E-state index in [4.69, 9.17) is 5.26 Å². The van der Waals surface area contributed by atoms with Crippen LogP contribution in [-0.2, 0) is 6.42 Å². The van der Waals surface area contributed by atoms with Gasteiger partial charge in [0.1, 0.15) is 5.82 Å². The Morgan fingerprint density at radius 2 is 2.10 bits per heavy atom. The van der Waals surface area contributed by atoms with Crippen molar-refractivity contribution in [2.75, 3.05) is 5.32 Å². The Bertz CT molecular complexity index is 649. The van der Waals surface area contributed by atoms with Gasteiger partial charge in [0, 0.05) is 16.2 Å². The minimum atomic E-state index is -0.214. The Kier molecular flexibility index (Phi) is 4.75. The molecule has 1 N–H and O–H groups in total. The van der Waals surface area contributed by atoms with Gasteiger partial charge >= 0.3 is 0 Å². The van der Waals surface area contributed by atoms with Crippen molar-refractivity contribution < 1.29 is 4.39 Å². The first kappa shape index (κ1) is 14.5. The molecule has 0 aliphatic carbocycles. The molecule has 0 amide bonds. The fraction of sp³-hybridized carbons (Fsp3) is 0.188. The van der Waals surface area contributed by atoms with Crippen LogP contribution in [0, 0.1) is 17.1 Å².